The molecule has 0 atom stereocenters. The molecule has 5 aromatic rings. The number of amides is 3. The number of hydrogen-bond acceptors (Lipinski definition) is 12. The molecule has 4 fully saturated rings. The summed E-state index contributed by atoms with van der Waals surface area (Å²) in [5, 5.41) is 15.6. The first kappa shape index (κ1) is 42.9. The summed E-state index contributed by atoms with van der Waals surface area (Å²) in [6, 6.07) is 17.9. The van der Waals surface area contributed by atoms with E-state index in [0.717, 1.165) is 85.9 Å². The van der Waals surface area contributed by atoms with Gasteiger partial charge < -0.3 is 29.6 Å². The number of imide groups is 1. The van der Waals surface area contributed by atoms with Crippen LogP contribution in [0.25, 0.3) is 10.9 Å². The number of ether oxygens (including phenoxy) is 2. The summed E-state index contributed by atoms with van der Waals surface area (Å²) in [7, 11) is 0.997. The fourth-order valence-corrected chi connectivity index (χ4v) is 11.2. The summed E-state index contributed by atoms with van der Waals surface area (Å²) < 4.78 is 27.2. The van der Waals surface area contributed by atoms with Gasteiger partial charge in [-0.25, -0.2) is 9.78 Å². The average molecular weight is 895 g/mol. The van der Waals surface area contributed by atoms with E-state index in [9.17, 15) is 14.2 Å². The molecule has 3 amide bonds. The second kappa shape index (κ2) is 17.3. The van der Waals surface area contributed by atoms with Gasteiger partial charge in [0.15, 0.2) is 11.6 Å². The number of urea groups is 1. The maximum Gasteiger partial charge on any atom is 0.329 e. The predicted molar refractivity (Wildman–Crippen MR) is 250 cm³/mol. The standard InChI is InChI=1S/C46H56ClN10O5P/c1-6-29-23-36(50-44-48-26-34(47)42(52-44)49-35-9-7-8-10-40(35)63(4,5)60)39(61-3)25-37(29)55-20-15-30(16-21-55)56-27-46(28-56)18-13-31(14-19-46)62-32-11-12-33-38(24-32)54(2)53-43(33)57-22-17-41(58)51-45(57)59/h7-12,23-26,30-31H,6,13-22,27-28H2,1-5H3,(H,51,58,59)(H2,48,49,50,52). The lowest BCUT2D eigenvalue weighted by Crippen LogP contribution is -2.62. The van der Waals surface area contributed by atoms with Gasteiger partial charge in [-0.05, 0) is 99.6 Å². The minimum atomic E-state index is -2.55. The second-order valence-electron chi connectivity index (χ2n) is 17.9. The van der Waals surface area contributed by atoms with Crippen LogP contribution in [0.1, 0.15) is 57.4 Å². The number of rotatable bonds is 12. The van der Waals surface area contributed by atoms with E-state index in [0.29, 0.717) is 52.0 Å². The van der Waals surface area contributed by atoms with Crippen molar-refractivity contribution >= 4 is 81.5 Å². The van der Waals surface area contributed by atoms with E-state index in [4.69, 9.17) is 26.1 Å². The van der Waals surface area contributed by atoms with Gasteiger partial charge in [0, 0.05) is 80.7 Å². The maximum atomic E-state index is 13.0. The van der Waals surface area contributed by atoms with Gasteiger partial charge in [0.25, 0.3) is 0 Å². The van der Waals surface area contributed by atoms with E-state index in [1.54, 1.807) is 31.3 Å². The van der Waals surface area contributed by atoms with Crippen LogP contribution in [0.4, 0.5) is 39.4 Å². The van der Waals surface area contributed by atoms with Gasteiger partial charge in [0.1, 0.15) is 23.7 Å². The number of para-hydroxylation sites is 1. The van der Waals surface area contributed by atoms with Crippen molar-refractivity contribution < 1.29 is 23.6 Å². The van der Waals surface area contributed by atoms with Crippen LogP contribution in [-0.4, -0.2) is 102 Å². The summed E-state index contributed by atoms with van der Waals surface area (Å²) in [4.78, 5) is 40.1. The SMILES string of the molecule is CCc1cc(Nc2ncc(Cl)c(Nc3ccccc3P(C)(C)=O)n2)c(OC)cc1N1CCC(N2CC3(CCC(Oc4ccc5c(N6CCC(=O)NC6=O)nn(C)c5c4)CC3)C2)CC1. The van der Waals surface area contributed by atoms with Crippen LogP contribution in [0, 0.1) is 5.41 Å². The molecule has 9 rings (SSSR count). The summed E-state index contributed by atoms with van der Waals surface area (Å²) in [5.41, 5.74) is 5.15. The molecule has 1 saturated carbocycles. The first-order valence-corrected chi connectivity index (χ1v) is 24.9. The van der Waals surface area contributed by atoms with Crippen molar-refractivity contribution in [2.75, 3.05) is 73.6 Å². The Morgan fingerprint density at radius 2 is 1.73 bits per heavy atom. The number of halogens is 1. The topological polar surface area (TPSA) is 159 Å². The molecule has 3 aromatic carbocycles. The Labute approximate surface area is 373 Å². The third kappa shape index (κ3) is 8.79. The minimum absolute atomic E-state index is 0.170. The average Bonchev–Trinajstić information content (AvgIpc) is 3.58. The number of carbonyl (C=O) groups is 2. The largest absolute Gasteiger partial charge is 0.494 e. The van der Waals surface area contributed by atoms with Gasteiger partial charge in [-0.2, -0.15) is 10.1 Å². The van der Waals surface area contributed by atoms with Crippen molar-refractivity contribution in [1.82, 2.24) is 30.0 Å². The molecule has 3 aliphatic heterocycles. The monoisotopic (exact) mass is 894 g/mol. The Bertz CT molecular complexity index is 2590. The molecule has 1 spiro atoms. The Balaban J connectivity index is 0.779. The van der Waals surface area contributed by atoms with Crippen LogP contribution < -0.4 is 40.5 Å². The zero-order valence-corrected chi connectivity index (χ0v) is 38.3. The minimum Gasteiger partial charge on any atom is -0.494 e. The van der Waals surface area contributed by atoms with Crippen molar-refractivity contribution in [3.63, 3.8) is 0 Å². The molecule has 3 saturated heterocycles. The zero-order valence-electron chi connectivity index (χ0n) is 36.6. The lowest BCUT2D eigenvalue weighted by Gasteiger charge is -2.57. The summed E-state index contributed by atoms with van der Waals surface area (Å²) >= 11 is 6.54. The first-order chi connectivity index (χ1) is 30.3. The van der Waals surface area contributed by atoms with E-state index < -0.39 is 13.2 Å². The molecular weight excluding hydrogens is 839 g/mol. The quantitative estimate of drug-likeness (QED) is 0.104. The van der Waals surface area contributed by atoms with E-state index >= 15 is 0 Å². The molecule has 0 unspecified atom stereocenters. The molecule has 1 aliphatic carbocycles. The highest BCUT2D eigenvalue weighted by molar-refractivity contribution is 7.70. The van der Waals surface area contributed by atoms with Crippen molar-refractivity contribution in [2.24, 2.45) is 12.5 Å². The number of aryl methyl sites for hydroxylation is 2. The highest BCUT2D eigenvalue weighted by Gasteiger charge is 2.48. The summed E-state index contributed by atoms with van der Waals surface area (Å²) in [6.45, 7) is 10.3. The lowest BCUT2D eigenvalue weighted by molar-refractivity contribution is -0.120. The van der Waals surface area contributed by atoms with Crippen LogP contribution in [0.5, 0.6) is 11.5 Å². The van der Waals surface area contributed by atoms with E-state index in [2.05, 4.69) is 54.9 Å². The Morgan fingerprint density at radius 3 is 2.44 bits per heavy atom. The van der Waals surface area contributed by atoms with E-state index in [1.807, 2.05) is 49.5 Å². The number of anilines is 6. The first-order valence-electron chi connectivity index (χ1n) is 22.0. The molecule has 332 valence electrons. The van der Waals surface area contributed by atoms with E-state index in [-0.39, 0.29) is 18.4 Å². The molecule has 2 aromatic heterocycles. The number of carbonyl (C=O) groups excluding carboxylic acids is 2. The van der Waals surface area contributed by atoms with Gasteiger partial charge in [-0.15, -0.1) is 0 Å². The Morgan fingerprint density at radius 1 is 0.968 bits per heavy atom. The van der Waals surface area contributed by atoms with Gasteiger partial charge in [-0.3, -0.25) is 24.6 Å². The van der Waals surface area contributed by atoms with Crippen LogP contribution in [0.2, 0.25) is 5.02 Å². The number of likely N-dealkylation sites (tertiary alicyclic amines) is 1. The molecule has 0 radical (unpaired) electrons. The fourth-order valence-electron chi connectivity index (χ4n) is 9.90. The zero-order chi connectivity index (χ0) is 44.0. The third-order valence-corrected chi connectivity index (χ3v) is 15.1. The third-order valence-electron chi connectivity index (χ3n) is 13.3. The van der Waals surface area contributed by atoms with Gasteiger partial charge >= 0.3 is 6.03 Å². The number of aromatic nitrogens is 4. The van der Waals surface area contributed by atoms with Gasteiger partial charge in [-0.1, -0.05) is 30.7 Å². The van der Waals surface area contributed by atoms with Crippen molar-refractivity contribution in [3.05, 3.63) is 71.4 Å². The van der Waals surface area contributed by atoms with Crippen LogP contribution in [0.15, 0.2) is 60.8 Å². The number of nitrogens with zero attached hydrogens (tertiary/aromatic N) is 7. The van der Waals surface area contributed by atoms with Crippen molar-refractivity contribution in [3.8, 4) is 11.5 Å². The smallest absolute Gasteiger partial charge is 0.329 e. The molecule has 5 heterocycles. The number of piperidine rings is 1. The molecule has 17 heteroatoms. The number of benzene rings is 3. The number of hydrogen-bond donors (Lipinski definition) is 3. The molecule has 4 aliphatic rings. The second-order valence-corrected chi connectivity index (χ2v) is 21.5. The van der Waals surface area contributed by atoms with Gasteiger partial charge in [0.2, 0.25) is 11.9 Å². The molecular formula is C46H56ClN10O5P. The number of methoxy groups -OCH3 is 1. The highest BCUT2D eigenvalue weighted by Crippen LogP contribution is 2.47. The molecule has 0 bridgehead atoms. The maximum absolute atomic E-state index is 13.0. The molecule has 3 N–H and O–H groups in total. The van der Waals surface area contributed by atoms with Crippen molar-refractivity contribution in [1.29, 1.82) is 0 Å². The number of nitrogens with one attached hydrogen (secondary N) is 3. The summed E-state index contributed by atoms with van der Waals surface area (Å²) in [5.74, 6) is 2.59. The van der Waals surface area contributed by atoms with Crippen LogP contribution >= 0.6 is 18.7 Å². The van der Waals surface area contributed by atoms with Crippen molar-refractivity contribution in [2.45, 2.75) is 70.4 Å². The van der Waals surface area contributed by atoms with Crippen LogP contribution in [0.3, 0.4) is 0 Å². The molecule has 63 heavy (non-hydrogen) atoms. The Kier molecular flexibility index (Phi) is 11.8. The normalized spacial score (nSPS) is 18.7. The van der Waals surface area contributed by atoms with E-state index in [1.165, 1.54) is 29.0 Å². The fraction of sp³-hybridized carbons (Fsp3) is 0.457. The number of fused-ring (bicyclic) bond motifs is 1. The van der Waals surface area contributed by atoms with Gasteiger partial charge in [0.05, 0.1) is 36.3 Å². The summed E-state index contributed by atoms with van der Waals surface area (Å²) in [6.07, 6.45) is 9.48. The lowest BCUT2D eigenvalue weighted by atomic mass is 9.67. The Hall–Kier alpha value is -5.37. The predicted octanol–water partition coefficient (Wildman–Crippen LogP) is 8.06. The molecule has 15 nitrogen and oxygen atoms in total. The van der Waals surface area contributed by atoms with Crippen LogP contribution in [-0.2, 0) is 22.8 Å². The highest BCUT2D eigenvalue weighted by atomic mass is 35.5.